The monoisotopic (exact) mass is 442 g/mol. The van der Waals surface area contributed by atoms with E-state index in [-0.39, 0.29) is 11.5 Å². The maximum Gasteiger partial charge on any atom is 0.269 e. The fourth-order valence-electron chi connectivity index (χ4n) is 4.71. The van der Waals surface area contributed by atoms with Crippen LogP contribution in [-0.4, -0.2) is 28.5 Å². The summed E-state index contributed by atoms with van der Waals surface area (Å²) in [6.45, 7) is 1.34. The highest BCUT2D eigenvalue weighted by Crippen LogP contribution is 2.42. The molecule has 0 unspecified atom stereocenters. The lowest BCUT2D eigenvalue weighted by Crippen LogP contribution is -2.34. The second-order valence-corrected chi connectivity index (χ2v) is 9.31. The van der Waals surface area contributed by atoms with Crippen LogP contribution in [0.2, 0.25) is 5.02 Å². The second-order valence-electron chi connectivity index (χ2n) is 8.90. The van der Waals surface area contributed by atoms with Gasteiger partial charge in [-0.15, -0.1) is 0 Å². The lowest BCUT2D eigenvalue weighted by molar-refractivity contribution is 0.0953. The van der Waals surface area contributed by atoms with Crippen LogP contribution in [0.3, 0.4) is 0 Å². The van der Waals surface area contributed by atoms with Crippen molar-refractivity contribution in [1.29, 1.82) is 0 Å². The van der Waals surface area contributed by atoms with Gasteiger partial charge in [-0.3, -0.25) is 19.9 Å². The van der Waals surface area contributed by atoms with Gasteiger partial charge in [0.05, 0.1) is 0 Å². The highest BCUT2D eigenvalue weighted by atomic mass is 35.5. The molecule has 4 rings (SSSR count). The van der Waals surface area contributed by atoms with E-state index >= 15 is 0 Å². The average Bonchev–Trinajstić information content (AvgIpc) is 3.48. The fraction of sp³-hybridized carbons (Fsp3) is 0.500. The maximum atomic E-state index is 13.0. The Morgan fingerprint density at radius 2 is 1.87 bits per heavy atom. The van der Waals surface area contributed by atoms with Crippen LogP contribution in [0.25, 0.3) is 0 Å². The van der Waals surface area contributed by atoms with Crippen molar-refractivity contribution in [2.24, 2.45) is 5.84 Å². The summed E-state index contributed by atoms with van der Waals surface area (Å²) in [6, 6.07) is 9.83. The summed E-state index contributed by atoms with van der Waals surface area (Å²) in [7, 11) is 2.18. The number of benzene rings is 1. The molecule has 0 spiro atoms. The number of carbonyl (C=O) groups is 1. The predicted octanol–water partition coefficient (Wildman–Crippen LogP) is 3.60. The first-order valence-electron chi connectivity index (χ1n) is 11.2. The second kappa shape index (κ2) is 9.55. The largest absolute Gasteiger partial charge is 0.309 e. The molecule has 2 saturated carbocycles. The molecule has 2 aliphatic rings. The van der Waals surface area contributed by atoms with Gasteiger partial charge in [0.15, 0.2) is 0 Å². The van der Waals surface area contributed by atoms with Gasteiger partial charge in [0, 0.05) is 30.4 Å². The molecule has 31 heavy (non-hydrogen) atoms. The molecule has 6 nitrogen and oxygen atoms in total. The van der Waals surface area contributed by atoms with Gasteiger partial charge in [0.25, 0.3) is 11.5 Å². The molecule has 1 heterocycles. The summed E-state index contributed by atoms with van der Waals surface area (Å²) in [6.07, 6.45) is 8.06. The van der Waals surface area contributed by atoms with E-state index in [4.69, 9.17) is 17.4 Å². The van der Waals surface area contributed by atoms with Crippen LogP contribution in [0.1, 0.15) is 71.6 Å². The lowest BCUT2D eigenvalue weighted by atomic mass is 10.1. The Morgan fingerprint density at radius 3 is 2.48 bits per heavy atom. The molecular weight excluding hydrogens is 412 g/mol. The van der Waals surface area contributed by atoms with Crippen molar-refractivity contribution >= 4 is 17.5 Å². The Hall–Kier alpha value is -2.15. The number of nitrogens with two attached hydrogens (primary N) is 1. The molecule has 2 fully saturated rings. The van der Waals surface area contributed by atoms with Crippen molar-refractivity contribution in [3.05, 3.63) is 68.1 Å². The first-order valence-corrected chi connectivity index (χ1v) is 11.6. The third-order valence-electron chi connectivity index (χ3n) is 6.73. The van der Waals surface area contributed by atoms with Crippen LogP contribution in [0.4, 0.5) is 0 Å². The number of halogens is 1. The topological polar surface area (TPSA) is 80.4 Å². The molecule has 1 aromatic carbocycles. The van der Waals surface area contributed by atoms with Crippen molar-refractivity contribution in [3.63, 3.8) is 0 Å². The number of nitrogens with zero attached hydrogens (tertiary/aromatic N) is 2. The smallest absolute Gasteiger partial charge is 0.269 e. The minimum Gasteiger partial charge on any atom is -0.309 e. The summed E-state index contributed by atoms with van der Waals surface area (Å²) in [5.41, 5.74) is 5.96. The summed E-state index contributed by atoms with van der Waals surface area (Å²) in [4.78, 5) is 27.1. The minimum absolute atomic E-state index is 0.111. The van der Waals surface area contributed by atoms with Gasteiger partial charge < -0.3 is 4.57 Å². The number of hydrogen-bond acceptors (Lipinski definition) is 4. The number of aromatic nitrogens is 1. The van der Waals surface area contributed by atoms with Gasteiger partial charge in [0.1, 0.15) is 5.02 Å². The quantitative estimate of drug-likeness (QED) is 0.372. The third-order valence-corrected chi connectivity index (χ3v) is 7.00. The van der Waals surface area contributed by atoms with Gasteiger partial charge in [-0.25, -0.2) is 5.84 Å². The normalized spacial score (nSPS) is 16.8. The number of hydrogen-bond donors (Lipinski definition) is 2. The fourth-order valence-corrected chi connectivity index (χ4v) is 4.93. The molecule has 0 radical (unpaired) electrons. The van der Waals surface area contributed by atoms with E-state index in [1.165, 1.54) is 44.1 Å². The van der Waals surface area contributed by atoms with E-state index in [2.05, 4.69) is 17.4 Å². The first kappa shape index (κ1) is 22.1. The van der Waals surface area contributed by atoms with E-state index in [9.17, 15) is 9.59 Å². The maximum absolute atomic E-state index is 13.0. The van der Waals surface area contributed by atoms with Crippen LogP contribution in [-0.2, 0) is 19.5 Å². The zero-order valence-corrected chi connectivity index (χ0v) is 18.8. The molecule has 7 heteroatoms. The van der Waals surface area contributed by atoms with Crippen LogP contribution in [0.15, 0.2) is 35.1 Å². The summed E-state index contributed by atoms with van der Waals surface area (Å²) < 4.78 is 1.89. The van der Waals surface area contributed by atoms with Crippen molar-refractivity contribution in [3.8, 4) is 0 Å². The number of nitrogens with one attached hydrogen (secondary N) is 1. The summed E-state index contributed by atoms with van der Waals surface area (Å²) in [5, 5.41) is 0.309. The van der Waals surface area contributed by atoms with Crippen molar-refractivity contribution in [2.75, 3.05) is 7.05 Å². The summed E-state index contributed by atoms with van der Waals surface area (Å²) >= 11 is 6.38. The number of aryl methyl sites for hydroxylation is 1. The number of carbonyl (C=O) groups excluding carboxylic acids is 1. The number of hydrazine groups is 1. The molecule has 0 saturated heterocycles. The zero-order chi connectivity index (χ0) is 22.0. The number of rotatable bonds is 8. The molecule has 3 N–H and O–H groups in total. The zero-order valence-electron chi connectivity index (χ0n) is 18.1. The minimum atomic E-state index is -0.316. The highest BCUT2D eigenvalue weighted by molar-refractivity contribution is 6.30. The van der Waals surface area contributed by atoms with Crippen molar-refractivity contribution in [2.45, 2.75) is 70.0 Å². The lowest BCUT2D eigenvalue weighted by Gasteiger charge is -2.27. The first-order chi connectivity index (χ1) is 15.0. The molecule has 0 atom stereocenters. The Bertz CT molecular complexity index is 992. The van der Waals surface area contributed by atoms with Crippen molar-refractivity contribution < 1.29 is 4.79 Å². The molecule has 0 aliphatic heterocycles. The number of pyridine rings is 1. The van der Waals surface area contributed by atoms with Gasteiger partial charge in [-0.2, -0.15) is 0 Å². The van der Waals surface area contributed by atoms with E-state index in [1.807, 2.05) is 22.8 Å². The highest BCUT2D eigenvalue weighted by Gasteiger charge is 2.30. The third kappa shape index (κ3) is 5.03. The van der Waals surface area contributed by atoms with Crippen LogP contribution >= 0.6 is 11.6 Å². The van der Waals surface area contributed by atoms with Crippen molar-refractivity contribution in [1.82, 2.24) is 14.9 Å². The molecule has 1 amide bonds. The predicted molar refractivity (Wildman–Crippen MR) is 123 cm³/mol. The average molecular weight is 443 g/mol. The molecular formula is C24H31ClN4O2. The van der Waals surface area contributed by atoms with Crippen LogP contribution < -0.4 is 16.8 Å². The Morgan fingerprint density at radius 1 is 1.19 bits per heavy atom. The van der Waals surface area contributed by atoms with E-state index in [0.717, 1.165) is 17.8 Å². The van der Waals surface area contributed by atoms with Crippen LogP contribution in [0.5, 0.6) is 0 Å². The van der Waals surface area contributed by atoms with Gasteiger partial charge in [0.2, 0.25) is 0 Å². The summed E-state index contributed by atoms with van der Waals surface area (Å²) in [5.74, 6) is 5.40. The van der Waals surface area contributed by atoms with Gasteiger partial charge in [-0.1, -0.05) is 36.6 Å². The van der Waals surface area contributed by atoms with Gasteiger partial charge in [-0.05, 0) is 74.4 Å². The molecule has 2 aliphatic carbocycles. The Kier molecular flexibility index (Phi) is 6.80. The number of amides is 1. The van der Waals surface area contributed by atoms with Crippen LogP contribution in [0, 0.1) is 0 Å². The SMILES string of the molecule is CN(Cc1c(C2CC2)cc(Cl)c(=O)n1CCc1ccc(C(=O)NN)cc1)C1CCCC1. The molecule has 2 aromatic rings. The molecule has 0 bridgehead atoms. The Labute approximate surface area is 188 Å². The van der Waals surface area contributed by atoms with Gasteiger partial charge >= 0.3 is 0 Å². The number of nitrogen functional groups attached to an aromatic ring is 1. The molecule has 166 valence electrons. The Balaban J connectivity index is 1.59. The molecule has 1 aromatic heterocycles. The standard InChI is InChI=1S/C24H31ClN4O2/c1-28(19-4-2-3-5-19)15-22-20(17-10-11-17)14-21(25)24(31)29(22)13-12-16-6-8-18(9-7-16)23(30)27-26/h6-9,14,17,19H,2-5,10-13,15,26H2,1H3,(H,27,30). The van der Waals surface area contributed by atoms with E-state index < -0.39 is 0 Å². The van der Waals surface area contributed by atoms with E-state index in [1.54, 1.807) is 12.1 Å². The van der Waals surface area contributed by atoms with E-state index in [0.29, 0.717) is 35.5 Å².